The Morgan fingerprint density at radius 3 is 2.57 bits per heavy atom. The number of aryl methyl sites for hydroxylation is 1. The van der Waals surface area contributed by atoms with Gasteiger partial charge in [-0.1, -0.05) is 17.7 Å². The molecule has 1 aliphatic rings. The van der Waals surface area contributed by atoms with Crippen molar-refractivity contribution in [2.24, 2.45) is 0 Å². The Hall–Kier alpha value is -2.70. The lowest BCUT2D eigenvalue weighted by atomic mass is 9.96. The molecule has 1 aromatic carbocycles. The van der Waals surface area contributed by atoms with Gasteiger partial charge in [-0.3, -0.25) is 4.90 Å². The molecule has 0 aliphatic carbocycles. The van der Waals surface area contributed by atoms with Gasteiger partial charge in [-0.25, -0.2) is 4.79 Å². The summed E-state index contributed by atoms with van der Waals surface area (Å²) in [6.45, 7) is 7.90. The molecule has 0 saturated carbocycles. The number of nitrogens with zero attached hydrogens (tertiary/aromatic N) is 4. The highest BCUT2D eigenvalue weighted by Crippen LogP contribution is 2.25. The molecule has 1 fully saturated rings. The number of halogens is 3. The second-order valence-corrected chi connectivity index (χ2v) is 8.96. The van der Waals surface area contributed by atoms with Crippen molar-refractivity contribution in [1.29, 1.82) is 0 Å². The van der Waals surface area contributed by atoms with E-state index in [9.17, 15) is 23.1 Å². The van der Waals surface area contributed by atoms with Gasteiger partial charge in [-0.2, -0.15) is 13.2 Å². The van der Waals surface area contributed by atoms with Crippen molar-refractivity contribution in [2.45, 2.75) is 65.1 Å². The Morgan fingerprint density at radius 1 is 1.26 bits per heavy atom. The zero-order valence-corrected chi connectivity index (χ0v) is 20.2. The lowest BCUT2D eigenvalue weighted by Gasteiger charge is -2.39. The van der Waals surface area contributed by atoms with Crippen molar-refractivity contribution < 1.29 is 37.3 Å². The van der Waals surface area contributed by atoms with E-state index in [-0.39, 0.29) is 18.5 Å². The van der Waals surface area contributed by atoms with E-state index in [1.165, 1.54) is 4.90 Å². The fraction of sp³-hybridized carbons (Fsp3) is 0.609. The number of amides is 1. The maximum Gasteiger partial charge on any atom is 0.425 e. The lowest BCUT2D eigenvalue weighted by Crippen LogP contribution is -2.54. The van der Waals surface area contributed by atoms with Crippen molar-refractivity contribution in [2.75, 3.05) is 26.2 Å². The normalized spacial score (nSPS) is 19.0. The van der Waals surface area contributed by atoms with Crippen LogP contribution in [0.2, 0.25) is 0 Å². The van der Waals surface area contributed by atoms with E-state index in [0.717, 1.165) is 29.2 Å². The molecule has 1 aromatic heterocycles. The minimum atomic E-state index is -4.59. The summed E-state index contributed by atoms with van der Waals surface area (Å²) >= 11 is 0. The molecule has 0 unspecified atom stereocenters. The predicted molar refractivity (Wildman–Crippen MR) is 119 cm³/mol. The molecule has 1 aliphatic heterocycles. The average Bonchev–Trinajstić information content (AvgIpc) is 3.24. The highest BCUT2D eigenvalue weighted by atomic mass is 19.4. The van der Waals surface area contributed by atoms with Crippen LogP contribution in [-0.4, -0.2) is 80.9 Å². The number of carbonyl (C=O) groups is 1. The van der Waals surface area contributed by atoms with Crippen molar-refractivity contribution in [3.05, 3.63) is 46.2 Å². The zero-order chi connectivity index (χ0) is 25.9. The molecule has 194 valence electrons. The summed E-state index contributed by atoms with van der Waals surface area (Å²) in [5.74, 6) is 0.282. The molecule has 0 radical (unpaired) electrons. The molecule has 1 saturated heterocycles. The topological polar surface area (TPSA) is 112 Å². The third-order valence-electron chi connectivity index (χ3n) is 6.13. The first kappa shape index (κ1) is 26.9. The lowest BCUT2D eigenvalue weighted by molar-refractivity contribution is -0.200. The van der Waals surface area contributed by atoms with Crippen molar-refractivity contribution >= 4 is 6.09 Å². The zero-order valence-electron chi connectivity index (χ0n) is 20.2. The molecule has 2 aromatic rings. The SMILES string of the molecule is Cc1cc(Cc2nnc([C@@H](O)CO)o2)c(C)c(CN2CCN(C(=O)O[C@H](C)C(F)(F)F)[C@@H](C)C2)c1. The van der Waals surface area contributed by atoms with Gasteiger partial charge in [-0.15, -0.1) is 10.2 Å². The summed E-state index contributed by atoms with van der Waals surface area (Å²) in [5.41, 5.74) is 4.12. The molecular weight excluding hydrogens is 469 g/mol. The predicted octanol–water partition coefficient (Wildman–Crippen LogP) is 2.90. The number of hydrogen-bond donors (Lipinski definition) is 2. The summed E-state index contributed by atoms with van der Waals surface area (Å²) in [6, 6.07) is 3.78. The van der Waals surface area contributed by atoms with Gasteiger partial charge in [0.25, 0.3) is 0 Å². The minimum Gasteiger partial charge on any atom is -0.437 e. The quantitative estimate of drug-likeness (QED) is 0.597. The van der Waals surface area contributed by atoms with Crippen LogP contribution in [0.25, 0.3) is 0 Å². The van der Waals surface area contributed by atoms with Crippen LogP contribution in [0.15, 0.2) is 16.5 Å². The van der Waals surface area contributed by atoms with Gasteiger partial charge in [0.15, 0.2) is 12.2 Å². The summed E-state index contributed by atoms with van der Waals surface area (Å²) in [6.07, 6.45) is -8.57. The third-order valence-corrected chi connectivity index (χ3v) is 6.13. The Bertz CT molecular complexity index is 1030. The molecule has 2 N–H and O–H groups in total. The molecule has 3 rings (SSSR count). The van der Waals surface area contributed by atoms with Crippen LogP contribution < -0.4 is 0 Å². The van der Waals surface area contributed by atoms with Gasteiger partial charge >= 0.3 is 12.3 Å². The molecule has 1 amide bonds. The molecule has 9 nitrogen and oxygen atoms in total. The van der Waals surface area contributed by atoms with Crippen molar-refractivity contribution in [1.82, 2.24) is 20.0 Å². The standard InChI is InChI=1S/C23H31F3N4O5/c1-13-7-17(9-20-27-28-21(35-20)19(32)12-31)15(3)18(8-13)11-29-5-6-30(14(2)10-29)22(33)34-16(4)23(24,25)26/h7-8,14,16,19,31-32H,5-6,9-12H2,1-4H3/t14-,16+,19-/m0/s1. The van der Waals surface area contributed by atoms with Crippen LogP contribution in [0.5, 0.6) is 0 Å². The first-order valence-corrected chi connectivity index (χ1v) is 11.4. The van der Waals surface area contributed by atoms with E-state index in [1.54, 1.807) is 6.92 Å². The number of alkyl halides is 3. The molecule has 2 heterocycles. The molecular formula is C23H31F3N4O5. The summed E-state index contributed by atoms with van der Waals surface area (Å²) in [5, 5.41) is 26.4. The van der Waals surface area contributed by atoms with Crippen LogP contribution in [0.1, 0.15) is 54.0 Å². The number of aliphatic hydroxyl groups is 2. The highest BCUT2D eigenvalue weighted by molar-refractivity contribution is 5.68. The number of benzene rings is 1. The Morgan fingerprint density at radius 2 is 1.94 bits per heavy atom. The van der Waals surface area contributed by atoms with Gasteiger partial charge in [0.05, 0.1) is 13.0 Å². The largest absolute Gasteiger partial charge is 0.437 e. The van der Waals surface area contributed by atoms with Crippen LogP contribution in [0.3, 0.4) is 0 Å². The number of aromatic nitrogens is 2. The Kier molecular flexibility index (Phi) is 8.39. The van der Waals surface area contributed by atoms with Gasteiger partial charge in [0.1, 0.15) is 0 Å². The number of hydrogen-bond acceptors (Lipinski definition) is 8. The van der Waals surface area contributed by atoms with E-state index in [2.05, 4.69) is 25.9 Å². The number of ether oxygens (including phenoxy) is 1. The summed E-state index contributed by atoms with van der Waals surface area (Å²) in [7, 11) is 0. The van der Waals surface area contributed by atoms with E-state index in [0.29, 0.717) is 31.9 Å². The maximum absolute atomic E-state index is 12.7. The van der Waals surface area contributed by atoms with Crippen molar-refractivity contribution in [3.8, 4) is 0 Å². The number of carbonyl (C=O) groups excluding carboxylic acids is 1. The second-order valence-electron chi connectivity index (χ2n) is 8.96. The van der Waals surface area contributed by atoms with E-state index >= 15 is 0 Å². The molecule has 35 heavy (non-hydrogen) atoms. The van der Waals surface area contributed by atoms with Gasteiger partial charge in [0, 0.05) is 32.2 Å². The number of aliphatic hydroxyl groups excluding tert-OH is 2. The fourth-order valence-corrected chi connectivity index (χ4v) is 4.05. The fourth-order valence-electron chi connectivity index (χ4n) is 4.05. The maximum atomic E-state index is 12.7. The van der Waals surface area contributed by atoms with Gasteiger partial charge in [-0.05, 0) is 44.4 Å². The Labute approximate surface area is 201 Å². The van der Waals surface area contributed by atoms with Crippen LogP contribution in [0, 0.1) is 13.8 Å². The summed E-state index contributed by atoms with van der Waals surface area (Å²) < 4.78 is 48.3. The third kappa shape index (κ3) is 6.71. The second kappa shape index (κ2) is 10.9. The smallest absolute Gasteiger partial charge is 0.425 e. The average molecular weight is 501 g/mol. The number of rotatable bonds is 7. The first-order valence-electron chi connectivity index (χ1n) is 11.4. The van der Waals surface area contributed by atoms with E-state index in [4.69, 9.17) is 9.52 Å². The van der Waals surface area contributed by atoms with Crippen LogP contribution >= 0.6 is 0 Å². The molecule has 0 spiro atoms. The molecule has 3 atom stereocenters. The highest BCUT2D eigenvalue weighted by Gasteiger charge is 2.41. The first-order chi connectivity index (χ1) is 16.4. The number of piperazine rings is 1. The van der Waals surface area contributed by atoms with Crippen molar-refractivity contribution in [3.63, 3.8) is 0 Å². The van der Waals surface area contributed by atoms with E-state index in [1.807, 2.05) is 19.9 Å². The van der Waals surface area contributed by atoms with Crippen LogP contribution in [0.4, 0.5) is 18.0 Å². The van der Waals surface area contributed by atoms with E-state index < -0.39 is 31.1 Å². The molecule has 12 heteroatoms. The monoisotopic (exact) mass is 500 g/mol. The van der Waals surface area contributed by atoms with Gasteiger partial charge < -0.3 is 24.3 Å². The van der Waals surface area contributed by atoms with Crippen LogP contribution in [-0.2, 0) is 17.7 Å². The summed E-state index contributed by atoms with van der Waals surface area (Å²) in [4.78, 5) is 15.7. The molecule has 0 bridgehead atoms. The van der Waals surface area contributed by atoms with Gasteiger partial charge in [0.2, 0.25) is 11.8 Å². The minimum absolute atomic E-state index is 0.0388. The Balaban J connectivity index is 1.65.